The maximum absolute atomic E-state index is 13.0. The second-order valence-electron chi connectivity index (χ2n) is 9.05. The largest absolute Gasteiger partial charge is 0.348 e. The van der Waals surface area contributed by atoms with Gasteiger partial charge >= 0.3 is 0 Å². The van der Waals surface area contributed by atoms with E-state index in [2.05, 4.69) is 23.2 Å². The summed E-state index contributed by atoms with van der Waals surface area (Å²) in [6.07, 6.45) is 4.23. The topological polar surface area (TPSA) is 69.7 Å². The first kappa shape index (κ1) is 23.0. The fraction of sp³-hybridized carbons (Fsp3) is 0.480. The van der Waals surface area contributed by atoms with Crippen LogP contribution < -0.4 is 5.32 Å². The van der Waals surface area contributed by atoms with Crippen molar-refractivity contribution in [3.8, 4) is 0 Å². The molecule has 4 rings (SSSR count). The van der Waals surface area contributed by atoms with Crippen LogP contribution in [0.4, 0.5) is 0 Å². The van der Waals surface area contributed by atoms with Crippen LogP contribution in [0.3, 0.4) is 0 Å². The number of nitrogens with one attached hydrogen (secondary N) is 1. The van der Waals surface area contributed by atoms with E-state index in [0.717, 1.165) is 38.0 Å². The molecule has 0 atom stereocenters. The van der Waals surface area contributed by atoms with Gasteiger partial charge in [0, 0.05) is 31.7 Å². The molecule has 0 aromatic heterocycles. The van der Waals surface area contributed by atoms with Crippen molar-refractivity contribution in [3.63, 3.8) is 0 Å². The highest BCUT2D eigenvalue weighted by Gasteiger charge is 2.28. The Kier molecular flexibility index (Phi) is 7.28. The number of rotatable bonds is 7. The van der Waals surface area contributed by atoms with Crippen LogP contribution in [0.2, 0.25) is 0 Å². The van der Waals surface area contributed by atoms with Gasteiger partial charge < -0.3 is 5.32 Å². The minimum Gasteiger partial charge on any atom is -0.348 e. The first-order chi connectivity index (χ1) is 15.4. The number of nitrogens with zero attached hydrogens (tertiary/aromatic N) is 2. The molecule has 0 spiro atoms. The lowest BCUT2D eigenvalue weighted by atomic mass is 10.0. The van der Waals surface area contributed by atoms with E-state index in [1.54, 1.807) is 22.5 Å². The molecule has 32 heavy (non-hydrogen) atoms. The first-order valence-electron chi connectivity index (χ1n) is 11.6. The fourth-order valence-electron chi connectivity index (χ4n) is 4.52. The van der Waals surface area contributed by atoms with Gasteiger partial charge in [0.05, 0.1) is 4.90 Å². The molecule has 0 radical (unpaired) electrons. The number of carbonyl (C=O) groups excluding carboxylic acids is 1. The van der Waals surface area contributed by atoms with Crippen molar-refractivity contribution in [3.05, 3.63) is 65.2 Å². The minimum absolute atomic E-state index is 0.189. The Bertz CT molecular complexity index is 1040. The van der Waals surface area contributed by atoms with E-state index in [-0.39, 0.29) is 10.8 Å². The minimum atomic E-state index is -3.58. The summed E-state index contributed by atoms with van der Waals surface area (Å²) in [5, 5.41) is 2.98. The van der Waals surface area contributed by atoms with Crippen LogP contribution in [-0.2, 0) is 23.1 Å². The van der Waals surface area contributed by atoms with Gasteiger partial charge in [-0.25, -0.2) is 8.42 Å². The summed E-state index contributed by atoms with van der Waals surface area (Å²) in [7, 11) is -3.58. The van der Waals surface area contributed by atoms with Gasteiger partial charge in [0.15, 0.2) is 0 Å². The summed E-state index contributed by atoms with van der Waals surface area (Å²) in [5.41, 5.74) is 2.69. The molecule has 1 N–H and O–H groups in total. The Balaban J connectivity index is 1.43. The van der Waals surface area contributed by atoms with Crippen LogP contribution in [0.15, 0.2) is 53.4 Å². The van der Waals surface area contributed by atoms with Gasteiger partial charge in [-0.3, -0.25) is 9.69 Å². The van der Waals surface area contributed by atoms with Gasteiger partial charge in [0.2, 0.25) is 10.0 Å². The lowest BCUT2D eigenvalue weighted by Crippen LogP contribution is -2.38. The molecule has 172 valence electrons. The predicted molar refractivity (Wildman–Crippen MR) is 126 cm³/mol. The zero-order chi connectivity index (χ0) is 22.6. The molecule has 2 aliphatic rings. The average Bonchev–Trinajstić information content (AvgIpc) is 3.32. The van der Waals surface area contributed by atoms with Crippen molar-refractivity contribution >= 4 is 15.9 Å². The summed E-state index contributed by atoms with van der Waals surface area (Å²) in [6, 6.07) is 14.6. The van der Waals surface area contributed by atoms with Crippen molar-refractivity contribution < 1.29 is 13.2 Å². The molecule has 0 aliphatic carbocycles. The van der Waals surface area contributed by atoms with E-state index >= 15 is 0 Å². The predicted octanol–water partition coefficient (Wildman–Crippen LogP) is 3.63. The molecule has 0 bridgehead atoms. The Hall–Kier alpha value is -2.22. The molecule has 7 heteroatoms. The average molecular weight is 456 g/mol. The zero-order valence-electron chi connectivity index (χ0n) is 18.8. The monoisotopic (exact) mass is 455 g/mol. The summed E-state index contributed by atoms with van der Waals surface area (Å²) >= 11 is 0. The number of hydrogen-bond donors (Lipinski definition) is 1. The van der Waals surface area contributed by atoms with Crippen molar-refractivity contribution in [1.29, 1.82) is 0 Å². The normalized spacial score (nSPS) is 18.7. The third kappa shape index (κ3) is 5.39. The highest BCUT2D eigenvalue weighted by Crippen LogP contribution is 2.24. The first-order valence-corrected chi connectivity index (χ1v) is 13.0. The van der Waals surface area contributed by atoms with Crippen molar-refractivity contribution in [2.75, 3.05) is 26.2 Å². The summed E-state index contributed by atoms with van der Waals surface area (Å²) < 4.78 is 27.6. The van der Waals surface area contributed by atoms with Gasteiger partial charge in [0.25, 0.3) is 5.91 Å². The van der Waals surface area contributed by atoms with Gasteiger partial charge in [-0.05, 0) is 74.0 Å². The number of hydrogen-bond acceptors (Lipinski definition) is 4. The van der Waals surface area contributed by atoms with Crippen LogP contribution >= 0.6 is 0 Å². The molecule has 2 fully saturated rings. The number of sulfonamides is 1. The van der Waals surface area contributed by atoms with E-state index in [1.807, 2.05) is 18.2 Å². The number of amides is 1. The van der Waals surface area contributed by atoms with E-state index in [0.29, 0.717) is 31.1 Å². The van der Waals surface area contributed by atoms with Crippen molar-refractivity contribution in [1.82, 2.24) is 14.5 Å². The smallest absolute Gasteiger partial charge is 0.251 e. The summed E-state index contributed by atoms with van der Waals surface area (Å²) in [4.78, 5) is 15.5. The second kappa shape index (κ2) is 10.1. The number of benzene rings is 2. The molecule has 1 amide bonds. The number of piperidine rings is 1. The quantitative estimate of drug-likeness (QED) is 0.692. The van der Waals surface area contributed by atoms with E-state index < -0.39 is 10.0 Å². The van der Waals surface area contributed by atoms with Gasteiger partial charge in [-0.15, -0.1) is 0 Å². The maximum Gasteiger partial charge on any atom is 0.251 e. The van der Waals surface area contributed by atoms with E-state index in [9.17, 15) is 13.2 Å². The van der Waals surface area contributed by atoms with Crippen LogP contribution in [0.25, 0.3) is 0 Å². The van der Waals surface area contributed by atoms with Crippen LogP contribution in [0.1, 0.15) is 54.1 Å². The second-order valence-corrected chi connectivity index (χ2v) is 11.0. The Morgan fingerprint density at radius 1 is 0.969 bits per heavy atom. The lowest BCUT2D eigenvalue weighted by molar-refractivity contribution is 0.0950. The molecule has 2 heterocycles. The van der Waals surface area contributed by atoms with E-state index in [4.69, 9.17) is 0 Å². The molecule has 2 saturated heterocycles. The molecular formula is C25H33N3O3S. The standard InChI is InChI=1S/C25H33N3O3S/c1-20-11-15-28(16-12-20)32(30,31)24-10-6-9-21(17-24)25(29)26-18-22-7-2-3-8-23(22)19-27-13-4-5-14-27/h2-3,6-10,17,20H,4-5,11-16,18-19H2,1H3,(H,26,29). The molecular weight excluding hydrogens is 422 g/mol. The Labute approximate surface area is 191 Å². The highest BCUT2D eigenvalue weighted by molar-refractivity contribution is 7.89. The molecule has 2 aliphatic heterocycles. The van der Waals surface area contributed by atoms with Crippen molar-refractivity contribution in [2.24, 2.45) is 5.92 Å². The number of likely N-dealkylation sites (tertiary alicyclic amines) is 1. The van der Waals surface area contributed by atoms with Crippen LogP contribution in [0, 0.1) is 5.92 Å². The Morgan fingerprint density at radius 3 is 2.38 bits per heavy atom. The zero-order valence-corrected chi connectivity index (χ0v) is 19.6. The summed E-state index contributed by atoms with van der Waals surface area (Å²) in [5.74, 6) is 0.289. The SMILES string of the molecule is CC1CCN(S(=O)(=O)c2cccc(C(=O)NCc3ccccc3CN3CCCC3)c2)CC1. The molecule has 6 nitrogen and oxygen atoms in total. The molecule has 2 aromatic rings. The summed E-state index contributed by atoms with van der Waals surface area (Å²) in [6.45, 7) is 6.79. The molecule has 2 aromatic carbocycles. The highest BCUT2D eigenvalue weighted by atomic mass is 32.2. The molecule has 0 saturated carbocycles. The molecule has 0 unspecified atom stereocenters. The lowest BCUT2D eigenvalue weighted by Gasteiger charge is -2.29. The Morgan fingerprint density at radius 2 is 1.66 bits per heavy atom. The van der Waals surface area contributed by atoms with Gasteiger partial charge in [-0.1, -0.05) is 37.3 Å². The van der Waals surface area contributed by atoms with Gasteiger partial charge in [0.1, 0.15) is 0 Å². The van der Waals surface area contributed by atoms with Crippen LogP contribution in [0.5, 0.6) is 0 Å². The number of carbonyl (C=O) groups is 1. The maximum atomic E-state index is 13.0. The third-order valence-corrected chi connectivity index (χ3v) is 8.52. The van der Waals surface area contributed by atoms with Crippen LogP contribution in [-0.4, -0.2) is 49.7 Å². The third-order valence-electron chi connectivity index (χ3n) is 6.63. The van der Waals surface area contributed by atoms with Crippen molar-refractivity contribution in [2.45, 2.75) is 50.6 Å². The fourth-order valence-corrected chi connectivity index (χ4v) is 6.03. The van der Waals surface area contributed by atoms with E-state index in [1.165, 1.54) is 24.5 Å². The van der Waals surface area contributed by atoms with Gasteiger partial charge in [-0.2, -0.15) is 4.31 Å².